The van der Waals surface area contributed by atoms with Crippen LogP contribution in [-0.2, 0) is 29.4 Å². The fourth-order valence-electron chi connectivity index (χ4n) is 3.66. The molecule has 10 heteroatoms. The van der Waals surface area contributed by atoms with Crippen LogP contribution in [0.5, 0.6) is 0 Å². The number of carbonyl (C=O) groups is 1. The van der Waals surface area contributed by atoms with Crippen molar-refractivity contribution in [2.45, 2.75) is 25.0 Å². The Bertz CT molecular complexity index is 681. The minimum absolute atomic E-state index is 0.0199. The first-order valence-electron chi connectivity index (χ1n) is 7.75. The van der Waals surface area contributed by atoms with Crippen LogP contribution in [-0.4, -0.2) is 88.1 Å². The lowest BCUT2D eigenvalue weighted by Gasteiger charge is -2.40. The molecule has 0 radical (unpaired) electrons. The summed E-state index contributed by atoms with van der Waals surface area (Å²) in [7, 11) is -6.38. The Morgan fingerprint density at radius 1 is 1.13 bits per heavy atom. The van der Waals surface area contributed by atoms with Crippen LogP contribution in [0.4, 0.5) is 0 Å². The smallest absolute Gasteiger partial charge is 0.226 e. The van der Waals surface area contributed by atoms with Gasteiger partial charge in [0.2, 0.25) is 15.9 Å². The molecule has 0 bridgehead atoms. The van der Waals surface area contributed by atoms with Crippen molar-refractivity contribution in [2.75, 3.05) is 44.0 Å². The number of ether oxygens (including phenoxy) is 1. The number of hydrogen-bond donors (Lipinski definition) is 0. The zero-order chi connectivity index (χ0) is 16.8. The molecule has 0 aromatic carbocycles. The minimum Gasteiger partial charge on any atom is -0.373 e. The van der Waals surface area contributed by atoms with E-state index in [-0.39, 0.29) is 23.3 Å². The molecule has 3 aliphatic rings. The van der Waals surface area contributed by atoms with Gasteiger partial charge in [0.1, 0.15) is 0 Å². The van der Waals surface area contributed by atoms with E-state index < -0.39 is 32.0 Å². The highest BCUT2D eigenvalue weighted by Gasteiger charge is 2.47. The van der Waals surface area contributed by atoms with E-state index in [0.29, 0.717) is 39.1 Å². The second kappa shape index (κ2) is 5.98. The molecule has 3 saturated heterocycles. The van der Waals surface area contributed by atoms with Crippen molar-refractivity contribution in [3.05, 3.63) is 0 Å². The summed E-state index contributed by atoms with van der Waals surface area (Å²) in [6.45, 7) is 1.43. The number of carbonyl (C=O) groups excluding carboxylic acids is 1. The van der Waals surface area contributed by atoms with Crippen LogP contribution < -0.4 is 0 Å². The number of sulfone groups is 1. The molecule has 3 aliphatic heterocycles. The predicted octanol–water partition coefficient (Wildman–Crippen LogP) is -1.32. The van der Waals surface area contributed by atoms with Gasteiger partial charge in [0, 0.05) is 25.6 Å². The van der Waals surface area contributed by atoms with Crippen molar-refractivity contribution in [3.8, 4) is 0 Å². The summed E-state index contributed by atoms with van der Waals surface area (Å²) in [4.78, 5) is 14.4. The fourth-order valence-corrected chi connectivity index (χ4v) is 6.40. The Kier molecular flexibility index (Phi) is 4.45. The van der Waals surface area contributed by atoms with Crippen molar-refractivity contribution in [1.82, 2.24) is 9.21 Å². The van der Waals surface area contributed by atoms with Crippen LogP contribution in [0.1, 0.15) is 12.8 Å². The molecule has 2 unspecified atom stereocenters. The fraction of sp³-hybridized carbons (Fsp3) is 0.923. The summed E-state index contributed by atoms with van der Waals surface area (Å²) in [5, 5.41) is 0. The Morgan fingerprint density at radius 3 is 2.39 bits per heavy atom. The maximum atomic E-state index is 12.8. The second-order valence-corrected chi connectivity index (χ2v) is 10.7. The molecule has 0 N–H and O–H groups in total. The third-order valence-corrected chi connectivity index (χ3v) is 7.88. The lowest BCUT2D eigenvalue weighted by molar-refractivity contribution is -0.148. The highest BCUT2D eigenvalue weighted by molar-refractivity contribution is 7.91. The van der Waals surface area contributed by atoms with Gasteiger partial charge in [-0.1, -0.05) is 0 Å². The summed E-state index contributed by atoms with van der Waals surface area (Å²) in [6.07, 6.45) is 1.71. The van der Waals surface area contributed by atoms with Crippen molar-refractivity contribution in [2.24, 2.45) is 5.92 Å². The van der Waals surface area contributed by atoms with E-state index in [1.54, 1.807) is 4.90 Å². The van der Waals surface area contributed by atoms with Gasteiger partial charge in [-0.2, -0.15) is 0 Å². The molecule has 2 atom stereocenters. The van der Waals surface area contributed by atoms with Gasteiger partial charge in [-0.3, -0.25) is 4.79 Å². The lowest BCUT2D eigenvalue weighted by Crippen LogP contribution is -2.55. The molecule has 132 valence electrons. The van der Waals surface area contributed by atoms with E-state index in [1.165, 1.54) is 10.6 Å². The average molecular weight is 366 g/mol. The van der Waals surface area contributed by atoms with E-state index in [1.807, 2.05) is 0 Å². The number of piperidine rings is 1. The molecular weight excluding hydrogens is 344 g/mol. The number of hydrogen-bond acceptors (Lipinski definition) is 6. The van der Waals surface area contributed by atoms with Crippen LogP contribution in [0, 0.1) is 5.92 Å². The first kappa shape index (κ1) is 17.1. The van der Waals surface area contributed by atoms with Crippen LogP contribution in [0.15, 0.2) is 0 Å². The molecule has 3 heterocycles. The van der Waals surface area contributed by atoms with Gasteiger partial charge in [0.25, 0.3) is 0 Å². The van der Waals surface area contributed by atoms with Gasteiger partial charge < -0.3 is 9.64 Å². The normalized spacial score (nSPS) is 32.7. The Balaban J connectivity index is 1.67. The summed E-state index contributed by atoms with van der Waals surface area (Å²) >= 11 is 0. The number of nitrogens with zero attached hydrogens (tertiary/aromatic N) is 2. The number of amides is 1. The lowest BCUT2D eigenvalue weighted by atomic mass is 9.95. The Morgan fingerprint density at radius 2 is 1.78 bits per heavy atom. The van der Waals surface area contributed by atoms with E-state index in [9.17, 15) is 21.6 Å². The molecule has 0 saturated carbocycles. The minimum atomic E-state index is -3.22. The molecule has 8 nitrogen and oxygen atoms in total. The quantitative estimate of drug-likeness (QED) is 0.601. The van der Waals surface area contributed by atoms with E-state index in [2.05, 4.69) is 0 Å². The van der Waals surface area contributed by atoms with Crippen LogP contribution in [0.3, 0.4) is 0 Å². The number of rotatable bonds is 2. The van der Waals surface area contributed by atoms with Crippen molar-refractivity contribution < 1.29 is 26.4 Å². The molecular formula is C13H22N2O6S2. The largest absolute Gasteiger partial charge is 0.373 e. The molecule has 1 amide bonds. The zero-order valence-corrected chi connectivity index (χ0v) is 14.7. The van der Waals surface area contributed by atoms with Crippen molar-refractivity contribution >= 4 is 25.8 Å². The second-order valence-electron chi connectivity index (χ2n) is 6.52. The van der Waals surface area contributed by atoms with Crippen LogP contribution in [0.2, 0.25) is 0 Å². The number of fused-ring (bicyclic) bond motifs is 1. The first-order valence-corrected chi connectivity index (χ1v) is 11.4. The predicted molar refractivity (Wildman–Crippen MR) is 83.0 cm³/mol. The third-order valence-electron chi connectivity index (χ3n) is 4.89. The molecule has 3 rings (SSSR count). The maximum Gasteiger partial charge on any atom is 0.226 e. The SMILES string of the molecule is CS(=O)(=O)N1CCC(C(=O)N2CCOC3CS(=O)(=O)CC32)CC1. The molecule has 23 heavy (non-hydrogen) atoms. The first-order chi connectivity index (χ1) is 10.7. The topological polar surface area (TPSA) is 101 Å². The summed E-state index contributed by atoms with van der Waals surface area (Å²) in [5.74, 6) is -0.358. The Hall–Kier alpha value is -0.710. The molecule has 0 aromatic rings. The van der Waals surface area contributed by atoms with Gasteiger partial charge >= 0.3 is 0 Å². The molecule has 0 spiro atoms. The average Bonchev–Trinajstić information content (AvgIpc) is 2.79. The third kappa shape index (κ3) is 3.54. The molecule has 3 fully saturated rings. The van der Waals surface area contributed by atoms with Crippen LogP contribution in [0.25, 0.3) is 0 Å². The van der Waals surface area contributed by atoms with E-state index in [0.717, 1.165) is 0 Å². The summed E-state index contributed by atoms with van der Waals surface area (Å²) in [5.41, 5.74) is 0. The van der Waals surface area contributed by atoms with Gasteiger partial charge in [0.15, 0.2) is 9.84 Å². The van der Waals surface area contributed by atoms with E-state index >= 15 is 0 Å². The van der Waals surface area contributed by atoms with Crippen molar-refractivity contribution in [3.63, 3.8) is 0 Å². The van der Waals surface area contributed by atoms with Gasteiger partial charge in [0.05, 0.1) is 36.5 Å². The van der Waals surface area contributed by atoms with Gasteiger partial charge in [-0.05, 0) is 12.8 Å². The highest BCUT2D eigenvalue weighted by atomic mass is 32.2. The number of sulfonamides is 1. The Labute approximate surface area is 136 Å². The van der Waals surface area contributed by atoms with Crippen LogP contribution >= 0.6 is 0 Å². The zero-order valence-electron chi connectivity index (χ0n) is 13.0. The van der Waals surface area contributed by atoms with E-state index in [4.69, 9.17) is 4.74 Å². The van der Waals surface area contributed by atoms with Crippen molar-refractivity contribution in [1.29, 1.82) is 0 Å². The summed E-state index contributed by atoms with van der Waals surface area (Å²) in [6, 6.07) is -0.394. The van der Waals surface area contributed by atoms with Gasteiger partial charge in [-0.15, -0.1) is 0 Å². The monoisotopic (exact) mass is 366 g/mol. The number of morpholine rings is 1. The molecule has 0 aromatic heterocycles. The van der Waals surface area contributed by atoms with Gasteiger partial charge in [-0.25, -0.2) is 21.1 Å². The highest BCUT2D eigenvalue weighted by Crippen LogP contribution is 2.28. The maximum absolute atomic E-state index is 12.8. The molecule has 0 aliphatic carbocycles. The summed E-state index contributed by atoms with van der Waals surface area (Å²) < 4.78 is 53.6. The standard InChI is InChI=1S/C13H22N2O6S2/c1-22(17,18)14-4-2-10(3-5-14)13(16)15-6-7-21-12-9-23(19,20)8-11(12)15/h10-12H,2-9H2,1H3.